The molecule has 0 aromatic heterocycles. The fourth-order valence-corrected chi connectivity index (χ4v) is 5.40. The van der Waals surface area contributed by atoms with E-state index in [9.17, 15) is 14.4 Å². The third-order valence-corrected chi connectivity index (χ3v) is 8.36. The molecule has 0 radical (unpaired) electrons. The minimum atomic E-state index is -0.557. The first kappa shape index (κ1) is 31.0. The highest BCUT2D eigenvalue weighted by Crippen LogP contribution is 2.33. The van der Waals surface area contributed by atoms with Gasteiger partial charge in [-0.15, -0.1) is 11.8 Å². The Balaban J connectivity index is 1.24. The lowest BCUT2D eigenvalue weighted by Crippen LogP contribution is -2.30. The Morgan fingerprint density at radius 1 is 0.818 bits per heavy atom. The van der Waals surface area contributed by atoms with Gasteiger partial charge in [0.05, 0.1) is 15.3 Å². The summed E-state index contributed by atoms with van der Waals surface area (Å²) < 4.78 is 11.1. The monoisotopic (exact) mass is 647 g/mol. The molecule has 0 spiro atoms. The summed E-state index contributed by atoms with van der Waals surface area (Å²) in [6, 6.07) is 25.9. The van der Waals surface area contributed by atoms with Crippen molar-refractivity contribution in [3.8, 4) is 11.5 Å². The number of carbonyl (C=O) groups is 3. The summed E-state index contributed by atoms with van der Waals surface area (Å²) in [4.78, 5) is 39.9. The molecule has 1 aliphatic heterocycles. The number of nitrogens with one attached hydrogen (secondary N) is 3. The summed E-state index contributed by atoms with van der Waals surface area (Å²) in [6.07, 6.45) is 1.47. The van der Waals surface area contributed by atoms with Crippen molar-refractivity contribution in [2.45, 2.75) is 17.1 Å². The van der Waals surface area contributed by atoms with E-state index in [1.54, 1.807) is 97.9 Å². The van der Waals surface area contributed by atoms with Crippen molar-refractivity contribution in [1.29, 1.82) is 0 Å². The van der Waals surface area contributed by atoms with E-state index in [2.05, 4.69) is 16.0 Å². The van der Waals surface area contributed by atoms with Gasteiger partial charge in [0.2, 0.25) is 5.91 Å². The molecule has 3 N–H and O–H groups in total. The second-order valence-electron chi connectivity index (χ2n) is 9.61. The normalized spacial score (nSPS) is 13.0. The maximum absolute atomic E-state index is 13.4. The van der Waals surface area contributed by atoms with Gasteiger partial charge in [-0.1, -0.05) is 53.5 Å². The molecular weight excluding hydrogens is 621 g/mol. The number of ether oxygens (including phenoxy) is 2. The average molecular weight is 649 g/mol. The fraction of sp³-hybridized carbons (Fsp3) is 0.121. The van der Waals surface area contributed by atoms with Gasteiger partial charge >= 0.3 is 0 Å². The molecule has 5 rings (SSSR count). The second kappa shape index (κ2) is 14.4. The van der Waals surface area contributed by atoms with Crippen molar-refractivity contribution in [3.05, 3.63) is 118 Å². The van der Waals surface area contributed by atoms with Gasteiger partial charge in [-0.2, -0.15) is 0 Å². The fourth-order valence-electron chi connectivity index (χ4n) is 4.17. The summed E-state index contributed by atoms with van der Waals surface area (Å²) in [5.41, 5.74) is 1.94. The molecule has 0 fully saturated rings. The number of benzene rings is 4. The highest BCUT2D eigenvalue weighted by molar-refractivity contribution is 8.00. The van der Waals surface area contributed by atoms with Gasteiger partial charge < -0.3 is 25.4 Å². The Hall–Kier alpha value is -4.44. The van der Waals surface area contributed by atoms with E-state index in [1.165, 1.54) is 17.8 Å². The van der Waals surface area contributed by atoms with Crippen molar-refractivity contribution in [2.24, 2.45) is 0 Å². The molecule has 1 heterocycles. The summed E-state index contributed by atoms with van der Waals surface area (Å²) in [7, 11) is 0. The Labute approximate surface area is 268 Å². The second-order valence-corrected chi connectivity index (χ2v) is 11.8. The minimum Gasteiger partial charge on any atom is -0.486 e. The first-order valence-electron chi connectivity index (χ1n) is 13.6. The third-order valence-electron chi connectivity index (χ3n) is 6.41. The van der Waals surface area contributed by atoms with Crippen LogP contribution < -0.4 is 25.4 Å². The number of amides is 3. The smallest absolute Gasteiger partial charge is 0.272 e. The van der Waals surface area contributed by atoms with Gasteiger partial charge in [-0.3, -0.25) is 14.4 Å². The molecule has 11 heteroatoms. The van der Waals surface area contributed by atoms with Gasteiger partial charge in [0.1, 0.15) is 18.9 Å². The zero-order chi connectivity index (χ0) is 31.1. The van der Waals surface area contributed by atoms with Gasteiger partial charge in [-0.25, -0.2) is 0 Å². The van der Waals surface area contributed by atoms with Crippen LogP contribution in [0.1, 0.15) is 22.8 Å². The molecule has 1 aliphatic rings. The van der Waals surface area contributed by atoms with E-state index in [4.69, 9.17) is 32.7 Å². The van der Waals surface area contributed by atoms with Crippen LogP contribution in [-0.2, 0) is 9.59 Å². The van der Waals surface area contributed by atoms with Crippen LogP contribution in [0.25, 0.3) is 6.08 Å². The van der Waals surface area contributed by atoms with Crippen molar-refractivity contribution >= 4 is 70.1 Å². The highest BCUT2D eigenvalue weighted by Gasteiger charge is 2.19. The van der Waals surface area contributed by atoms with Crippen LogP contribution in [0, 0.1) is 0 Å². The van der Waals surface area contributed by atoms with Crippen molar-refractivity contribution in [1.82, 2.24) is 5.32 Å². The topological polar surface area (TPSA) is 106 Å². The number of hydrogen-bond donors (Lipinski definition) is 3. The lowest BCUT2D eigenvalue weighted by molar-refractivity contribution is -0.115. The van der Waals surface area contributed by atoms with Crippen LogP contribution >= 0.6 is 35.0 Å². The maximum Gasteiger partial charge on any atom is 0.272 e. The predicted octanol–water partition coefficient (Wildman–Crippen LogP) is 7.29. The molecule has 4 aromatic carbocycles. The quantitative estimate of drug-likeness (QED) is 0.130. The summed E-state index contributed by atoms with van der Waals surface area (Å²) >= 11 is 13.9. The molecule has 0 saturated heterocycles. The number of anilines is 2. The van der Waals surface area contributed by atoms with E-state index < -0.39 is 17.1 Å². The third kappa shape index (κ3) is 7.93. The lowest BCUT2D eigenvalue weighted by atomic mass is 10.1. The number of rotatable bonds is 9. The molecule has 1 atom stereocenters. The van der Waals surface area contributed by atoms with Gasteiger partial charge in [-0.05, 0) is 73.2 Å². The number of fused-ring (bicyclic) bond motifs is 1. The number of thioether (sulfide) groups is 1. The SMILES string of the molecule is CC(Sc1ccc(NC(=O)/C(=C/c2cccc(Cl)c2Cl)NC(=O)c2ccccc2)cc1)C(=O)Nc1ccc2c(c1)OCCO2. The molecular formula is C33H27Cl2N3O5S. The van der Waals surface area contributed by atoms with Gasteiger partial charge in [0, 0.05) is 27.9 Å². The Morgan fingerprint density at radius 3 is 2.27 bits per heavy atom. The molecule has 8 nitrogen and oxygen atoms in total. The molecule has 4 aromatic rings. The molecule has 0 aliphatic carbocycles. The molecule has 44 heavy (non-hydrogen) atoms. The standard InChI is InChI=1S/C33H27Cl2N3O5S/c1-20(31(39)37-24-12-15-28-29(19-24)43-17-16-42-28)44-25-13-10-23(11-14-25)36-33(41)27(18-22-8-5-9-26(34)30(22)35)38-32(40)21-6-3-2-4-7-21/h2-15,18-20H,16-17H2,1H3,(H,36,41)(H,37,39)(H,38,40)/b27-18-. The average Bonchev–Trinajstić information content (AvgIpc) is 3.04. The van der Waals surface area contributed by atoms with E-state index in [0.29, 0.717) is 52.2 Å². The summed E-state index contributed by atoms with van der Waals surface area (Å²) in [5, 5.41) is 8.55. The zero-order valence-corrected chi connectivity index (χ0v) is 25.8. The van der Waals surface area contributed by atoms with E-state index in [-0.39, 0.29) is 16.6 Å². The molecule has 0 bridgehead atoms. The van der Waals surface area contributed by atoms with Crippen molar-refractivity contribution in [2.75, 3.05) is 23.8 Å². The molecule has 224 valence electrons. The van der Waals surface area contributed by atoms with Crippen LogP contribution in [0.3, 0.4) is 0 Å². The first-order chi connectivity index (χ1) is 21.3. The van der Waals surface area contributed by atoms with Crippen LogP contribution in [-0.4, -0.2) is 36.2 Å². The lowest BCUT2D eigenvalue weighted by Gasteiger charge is -2.19. The first-order valence-corrected chi connectivity index (χ1v) is 15.2. The van der Waals surface area contributed by atoms with E-state index in [1.807, 2.05) is 0 Å². The molecule has 1 unspecified atom stereocenters. The van der Waals surface area contributed by atoms with Crippen LogP contribution in [0.2, 0.25) is 10.0 Å². The van der Waals surface area contributed by atoms with E-state index >= 15 is 0 Å². The summed E-state index contributed by atoms with van der Waals surface area (Å²) in [5.74, 6) is 0.0598. The van der Waals surface area contributed by atoms with Crippen LogP contribution in [0.15, 0.2) is 102 Å². The Kier molecular flexibility index (Phi) is 10.1. The Morgan fingerprint density at radius 2 is 1.52 bits per heavy atom. The maximum atomic E-state index is 13.4. The minimum absolute atomic E-state index is 0.0223. The van der Waals surface area contributed by atoms with Gasteiger partial charge in [0.25, 0.3) is 11.8 Å². The van der Waals surface area contributed by atoms with E-state index in [0.717, 1.165) is 4.90 Å². The largest absolute Gasteiger partial charge is 0.486 e. The van der Waals surface area contributed by atoms with Crippen LogP contribution in [0.4, 0.5) is 11.4 Å². The predicted molar refractivity (Wildman–Crippen MR) is 175 cm³/mol. The molecule has 0 saturated carbocycles. The number of hydrogen-bond acceptors (Lipinski definition) is 6. The molecule has 3 amide bonds. The van der Waals surface area contributed by atoms with Gasteiger partial charge in [0.15, 0.2) is 11.5 Å². The van der Waals surface area contributed by atoms with Crippen molar-refractivity contribution in [3.63, 3.8) is 0 Å². The zero-order valence-electron chi connectivity index (χ0n) is 23.4. The number of halogens is 2. The number of carbonyl (C=O) groups excluding carboxylic acids is 3. The van der Waals surface area contributed by atoms with Crippen LogP contribution in [0.5, 0.6) is 11.5 Å². The van der Waals surface area contributed by atoms with Crippen molar-refractivity contribution < 1.29 is 23.9 Å². The highest BCUT2D eigenvalue weighted by atomic mass is 35.5. The Bertz CT molecular complexity index is 1710. The summed E-state index contributed by atoms with van der Waals surface area (Å²) in [6.45, 7) is 2.76.